The summed E-state index contributed by atoms with van der Waals surface area (Å²) in [6, 6.07) is -0.645. The Morgan fingerprint density at radius 1 is 0.452 bits per heavy atom. The number of carbonyl (C=O) groups excluding carboxylic acids is 2. The molecule has 62 heavy (non-hydrogen) atoms. The number of nitrogens with one attached hydrogen (secondary N) is 1. The molecule has 0 saturated heterocycles. The molecule has 0 radical (unpaired) electrons. The van der Waals surface area contributed by atoms with Crippen molar-refractivity contribution in [2.24, 2.45) is 0 Å². The van der Waals surface area contributed by atoms with Crippen molar-refractivity contribution in [3.05, 3.63) is 48.6 Å². The van der Waals surface area contributed by atoms with Crippen LogP contribution in [-0.4, -0.2) is 47.4 Å². The Hall–Kier alpha value is -2.18. The Balaban J connectivity index is 3.57. The number of hydrogen-bond acceptors (Lipinski definition) is 5. The van der Waals surface area contributed by atoms with Crippen molar-refractivity contribution in [3.63, 3.8) is 0 Å². The van der Waals surface area contributed by atoms with Gasteiger partial charge in [0.25, 0.3) is 0 Å². The monoisotopic (exact) mass is 870 g/mol. The first-order valence-corrected chi connectivity index (χ1v) is 26.9. The molecule has 0 rings (SSSR count). The number of amides is 1. The lowest BCUT2D eigenvalue weighted by molar-refractivity contribution is -0.143. The topological polar surface area (TPSA) is 95.9 Å². The van der Waals surface area contributed by atoms with Crippen LogP contribution in [0, 0.1) is 0 Å². The second-order valence-electron chi connectivity index (χ2n) is 18.2. The van der Waals surface area contributed by atoms with Crippen molar-refractivity contribution in [2.75, 3.05) is 13.2 Å². The maximum atomic E-state index is 12.4. The number of esters is 1. The van der Waals surface area contributed by atoms with Gasteiger partial charge in [0.2, 0.25) is 5.91 Å². The number of aliphatic hydroxyl groups is 2. The van der Waals surface area contributed by atoms with E-state index in [-0.39, 0.29) is 18.5 Å². The molecule has 1 amide bonds. The van der Waals surface area contributed by atoms with E-state index in [2.05, 4.69) is 55.6 Å². The summed E-state index contributed by atoms with van der Waals surface area (Å²) >= 11 is 0. The standard InChI is InChI=1S/C56H103NO5/c1-3-5-7-9-11-13-15-17-19-21-24-28-32-36-40-44-48-54(59)53(52-58)57-55(60)49-45-41-37-33-29-25-22-20-23-27-31-35-39-43-47-51-62-56(61)50-46-42-38-34-30-26-18-16-14-12-10-8-6-4-2/h16,18,20,23,27,31,44,48,53-54,58-59H,3-15,17,19,21-22,24-26,28-30,32-43,45-47,49-52H2,1-2H3,(H,57,60)/b18-16-,23-20-,31-27-,48-44+. The van der Waals surface area contributed by atoms with Crippen molar-refractivity contribution in [3.8, 4) is 0 Å². The summed E-state index contributed by atoms with van der Waals surface area (Å²) in [4.78, 5) is 24.4. The van der Waals surface area contributed by atoms with E-state index in [4.69, 9.17) is 4.74 Å². The zero-order valence-electron chi connectivity index (χ0n) is 41.1. The van der Waals surface area contributed by atoms with E-state index in [1.54, 1.807) is 6.08 Å². The lowest BCUT2D eigenvalue weighted by Crippen LogP contribution is -2.45. The van der Waals surface area contributed by atoms with E-state index in [9.17, 15) is 19.8 Å². The molecule has 0 heterocycles. The van der Waals surface area contributed by atoms with Crippen LogP contribution in [0.3, 0.4) is 0 Å². The molecule has 6 nitrogen and oxygen atoms in total. The molecule has 0 saturated carbocycles. The first-order chi connectivity index (χ1) is 30.5. The number of unbranched alkanes of at least 4 members (excludes halogenated alkanes) is 33. The van der Waals surface area contributed by atoms with Gasteiger partial charge in [0.1, 0.15) is 0 Å². The number of aliphatic hydroxyl groups excluding tert-OH is 2. The van der Waals surface area contributed by atoms with E-state index >= 15 is 0 Å². The predicted molar refractivity (Wildman–Crippen MR) is 269 cm³/mol. The lowest BCUT2D eigenvalue weighted by atomic mass is 10.0. The molecule has 0 fully saturated rings. The Kier molecular flexibility index (Phi) is 49.6. The fourth-order valence-electron chi connectivity index (χ4n) is 7.91. The van der Waals surface area contributed by atoms with E-state index < -0.39 is 12.1 Å². The van der Waals surface area contributed by atoms with Gasteiger partial charge in [0, 0.05) is 12.8 Å². The molecule has 3 N–H and O–H groups in total. The molecule has 0 aromatic rings. The van der Waals surface area contributed by atoms with E-state index in [1.807, 2.05) is 6.08 Å². The molecule has 0 aliphatic rings. The summed E-state index contributed by atoms with van der Waals surface area (Å²) in [7, 11) is 0. The van der Waals surface area contributed by atoms with Gasteiger partial charge in [-0.15, -0.1) is 0 Å². The van der Waals surface area contributed by atoms with Gasteiger partial charge in [-0.25, -0.2) is 0 Å². The highest BCUT2D eigenvalue weighted by molar-refractivity contribution is 5.76. The number of allylic oxidation sites excluding steroid dienone is 7. The molecule has 0 bridgehead atoms. The third kappa shape index (κ3) is 47.3. The van der Waals surface area contributed by atoms with Crippen molar-refractivity contribution >= 4 is 11.9 Å². The molecule has 2 atom stereocenters. The van der Waals surface area contributed by atoms with Crippen molar-refractivity contribution < 1.29 is 24.5 Å². The van der Waals surface area contributed by atoms with Gasteiger partial charge in [-0.2, -0.15) is 0 Å². The van der Waals surface area contributed by atoms with E-state index in [0.29, 0.717) is 19.4 Å². The second-order valence-corrected chi connectivity index (χ2v) is 18.2. The molecule has 0 aromatic heterocycles. The van der Waals surface area contributed by atoms with Gasteiger partial charge in [-0.05, 0) is 89.9 Å². The minimum atomic E-state index is -0.860. The van der Waals surface area contributed by atoms with Crippen LogP contribution >= 0.6 is 0 Å². The average Bonchev–Trinajstić information content (AvgIpc) is 3.27. The Morgan fingerprint density at radius 3 is 1.24 bits per heavy atom. The SMILES string of the molecule is CCCCCCC/C=C\CCCCCCCC(=O)OCCCCC/C=C\C=C/CCCCCCCCC(=O)NC(CO)C(O)/C=C/CCCCCCCCCCCCCCCC. The van der Waals surface area contributed by atoms with Crippen molar-refractivity contribution in [1.82, 2.24) is 5.32 Å². The average molecular weight is 870 g/mol. The first-order valence-electron chi connectivity index (χ1n) is 26.9. The van der Waals surface area contributed by atoms with Crippen LogP contribution in [0.5, 0.6) is 0 Å². The summed E-state index contributed by atoms with van der Waals surface area (Å²) in [6.45, 7) is 4.83. The summed E-state index contributed by atoms with van der Waals surface area (Å²) in [5.41, 5.74) is 0. The van der Waals surface area contributed by atoms with E-state index in [1.165, 1.54) is 167 Å². The van der Waals surface area contributed by atoms with Crippen LogP contribution in [0.25, 0.3) is 0 Å². The molecule has 0 aromatic carbocycles. The van der Waals surface area contributed by atoms with Gasteiger partial charge in [0.05, 0.1) is 25.4 Å². The van der Waals surface area contributed by atoms with Crippen LogP contribution in [0.2, 0.25) is 0 Å². The van der Waals surface area contributed by atoms with Crippen LogP contribution in [0.1, 0.15) is 271 Å². The zero-order valence-corrected chi connectivity index (χ0v) is 41.1. The molecular weight excluding hydrogens is 767 g/mol. The highest BCUT2D eigenvalue weighted by Gasteiger charge is 2.18. The number of ether oxygens (including phenoxy) is 1. The third-order valence-corrected chi connectivity index (χ3v) is 12.1. The summed E-state index contributed by atoms with van der Waals surface area (Å²) in [6.07, 6.45) is 64.0. The fraction of sp³-hybridized carbons (Fsp3) is 0.821. The maximum Gasteiger partial charge on any atom is 0.305 e. The van der Waals surface area contributed by atoms with Gasteiger partial charge < -0.3 is 20.3 Å². The molecule has 2 unspecified atom stereocenters. The minimum Gasteiger partial charge on any atom is -0.466 e. The molecule has 0 aliphatic carbocycles. The summed E-state index contributed by atoms with van der Waals surface area (Å²) in [5.74, 6) is -0.123. The Bertz CT molecular complexity index is 1050. The lowest BCUT2D eigenvalue weighted by Gasteiger charge is -2.20. The number of hydrogen-bond donors (Lipinski definition) is 3. The van der Waals surface area contributed by atoms with Crippen LogP contribution < -0.4 is 5.32 Å². The molecule has 0 spiro atoms. The smallest absolute Gasteiger partial charge is 0.305 e. The fourth-order valence-corrected chi connectivity index (χ4v) is 7.91. The maximum absolute atomic E-state index is 12.4. The van der Waals surface area contributed by atoms with Crippen LogP contribution in [0.15, 0.2) is 48.6 Å². The van der Waals surface area contributed by atoms with Crippen molar-refractivity contribution in [2.45, 2.75) is 283 Å². The van der Waals surface area contributed by atoms with Gasteiger partial charge >= 0.3 is 5.97 Å². The van der Waals surface area contributed by atoms with Crippen molar-refractivity contribution in [1.29, 1.82) is 0 Å². The summed E-state index contributed by atoms with van der Waals surface area (Å²) in [5, 5.41) is 23.1. The van der Waals surface area contributed by atoms with Crippen LogP contribution in [0.4, 0.5) is 0 Å². The minimum absolute atomic E-state index is 0.0321. The zero-order chi connectivity index (χ0) is 45.1. The molecule has 0 aliphatic heterocycles. The highest BCUT2D eigenvalue weighted by atomic mass is 16.5. The van der Waals surface area contributed by atoms with Crippen LogP contribution in [-0.2, 0) is 14.3 Å². The normalized spacial score (nSPS) is 13.0. The molecular formula is C56H103NO5. The summed E-state index contributed by atoms with van der Waals surface area (Å²) < 4.78 is 5.43. The highest BCUT2D eigenvalue weighted by Crippen LogP contribution is 2.15. The number of rotatable bonds is 49. The Labute approximate surface area is 385 Å². The first kappa shape index (κ1) is 59.8. The largest absolute Gasteiger partial charge is 0.466 e. The molecule has 362 valence electrons. The Morgan fingerprint density at radius 2 is 0.806 bits per heavy atom. The van der Waals surface area contributed by atoms with Gasteiger partial charge in [-0.3, -0.25) is 9.59 Å². The quantitative estimate of drug-likeness (QED) is 0.0245. The van der Waals surface area contributed by atoms with E-state index in [0.717, 1.165) is 77.0 Å². The predicted octanol–water partition coefficient (Wildman–Crippen LogP) is 16.2. The number of carbonyl (C=O) groups is 2. The second kappa shape index (κ2) is 51.5. The van der Waals surface area contributed by atoms with Gasteiger partial charge in [-0.1, -0.05) is 217 Å². The van der Waals surface area contributed by atoms with Gasteiger partial charge in [0.15, 0.2) is 0 Å². The molecule has 6 heteroatoms. The third-order valence-electron chi connectivity index (χ3n) is 12.1.